The standard InChI is InChI=1S/C28H33N7O2/c1-19-25(21-17-29-34(2)18-21)33-35(23-12-8-5-9-13-23)27(19)32-28(36)31-24-16-22(14-15-37-3)30-26(24)20-10-6-4-7-11-20/h4-13,17-18,22,24,26,30H,14-16H2,1-3H3,(H2,31,32,36)/t22-,24-,26+/m1/s1. The summed E-state index contributed by atoms with van der Waals surface area (Å²) in [5.41, 5.74) is 4.55. The third-order valence-electron chi connectivity index (χ3n) is 6.83. The highest BCUT2D eigenvalue weighted by Gasteiger charge is 2.35. The minimum absolute atomic E-state index is 0.0138. The van der Waals surface area contributed by atoms with Crippen LogP contribution in [-0.2, 0) is 11.8 Å². The molecule has 3 atom stereocenters. The van der Waals surface area contributed by atoms with Gasteiger partial charge in [-0.3, -0.25) is 10.00 Å². The number of methoxy groups -OCH3 is 1. The Bertz CT molecular complexity index is 1330. The van der Waals surface area contributed by atoms with Gasteiger partial charge in [-0.25, -0.2) is 9.48 Å². The number of hydrogen-bond acceptors (Lipinski definition) is 5. The molecule has 0 spiro atoms. The molecular formula is C28H33N7O2. The van der Waals surface area contributed by atoms with Crippen molar-refractivity contribution >= 4 is 11.8 Å². The maximum absolute atomic E-state index is 13.4. The van der Waals surface area contributed by atoms with Crippen molar-refractivity contribution in [2.24, 2.45) is 7.05 Å². The highest BCUT2D eigenvalue weighted by atomic mass is 16.5. The lowest BCUT2D eigenvalue weighted by Gasteiger charge is -2.22. The normalized spacial score (nSPS) is 19.2. The van der Waals surface area contributed by atoms with Crippen molar-refractivity contribution in [3.05, 3.63) is 84.2 Å². The first-order valence-electron chi connectivity index (χ1n) is 12.5. The lowest BCUT2D eigenvalue weighted by Crippen LogP contribution is -2.41. The molecule has 1 fully saturated rings. The van der Waals surface area contributed by atoms with Gasteiger partial charge in [0.1, 0.15) is 11.5 Å². The Labute approximate surface area is 216 Å². The first kappa shape index (κ1) is 24.7. The summed E-state index contributed by atoms with van der Waals surface area (Å²) in [5.74, 6) is 0.626. The molecule has 0 unspecified atom stereocenters. The Balaban J connectivity index is 1.41. The number of aromatic nitrogens is 4. The average Bonchev–Trinajstić information content (AvgIpc) is 3.61. The molecule has 4 aromatic rings. The van der Waals surface area contributed by atoms with E-state index in [1.54, 1.807) is 22.7 Å². The van der Waals surface area contributed by atoms with Crippen molar-refractivity contribution in [3.8, 4) is 16.9 Å². The molecule has 1 saturated heterocycles. The second kappa shape index (κ2) is 11.0. The number of carbonyl (C=O) groups excluding carboxylic acids is 1. The van der Waals surface area contributed by atoms with E-state index in [1.807, 2.05) is 68.7 Å². The van der Waals surface area contributed by atoms with E-state index in [0.29, 0.717) is 12.4 Å². The van der Waals surface area contributed by atoms with Gasteiger partial charge >= 0.3 is 6.03 Å². The number of amides is 2. The molecule has 0 radical (unpaired) electrons. The zero-order valence-electron chi connectivity index (χ0n) is 21.4. The largest absolute Gasteiger partial charge is 0.385 e. The van der Waals surface area contributed by atoms with Gasteiger partial charge in [-0.1, -0.05) is 48.5 Å². The average molecular weight is 500 g/mol. The molecule has 1 aliphatic rings. The summed E-state index contributed by atoms with van der Waals surface area (Å²) in [7, 11) is 3.59. The van der Waals surface area contributed by atoms with Crippen LogP contribution in [0.25, 0.3) is 16.9 Å². The number of urea groups is 1. The lowest BCUT2D eigenvalue weighted by atomic mass is 10.00. The van der Waals surface area contributed by atoms with E-state index in [0.717, 1.165) is 40.9 Å². The van der Waals surface area contributed by atoms with E-state index in [9.17, 15) is 4.79 Å². The molecule has 192 valence electrons. The smallest absolute Gasteiger partial charge is 0.320 e. The van der Waals surface area contributed by atoms with Crippen molar-refractivity contribution in [2.45, 2.75) is 37.9 Å². The fourth-order valence-electron chi connectivity index (χ4n) is 5.00. The quantitative estimate of drug-likeness (QED) is 0.337. The van der Waals surface area contributed by atoms with Gasteiger partial charge in [0.2, 0.25) is 0 Å². The van der Waals surface area contributed by atoms with Gasteiger partial charge in [0.05, 0.1) is 24.0 Å². The Morgan fingerprint density at radius 2 is 1.86 bits per heavy atom. The van der Waals surface area contributed by atoms with Crippen LogP contribution in [0, 0.1) is 6.92 Å². The topological polar surface area (TPSA) is 98.0 Å². The zero-order chi connectivity index (χ0) is 25.8. The molecule has 9 nitrogen and oxygen atoms in total. The van der Waals surface area contributed by atoms with Crippen LogP contribution in [0.2, 0.25) is 0 Å². The molecule has 2 aromatic heterocycles. The number of rotatable bonds is 8. The van der Waals surface area contributed by atoms with Crippen LogP contribution in [-0.4, -0.2) is 51.4 Å². The van der Waals surface area contributed by atoms with Gasteiger partial charge in [-0.05, 0) is 37.5 Å². The number of benzene rings is 2. The maximum Gasteiger partial charge on any atom is 0.320 e. The molecule has 5 rings (SSSR count). The third-order valence-corrected chi connectivity index (χ3v) is 6.83. The van der Waals surface area contributed by atoms with Crippen LogP contribution in [0.1, 0.15) is 30.0 Å². The summed E-state index contributed by atoms with van der Waals surface area (Å²) in [6, 6.07) is 20.0. The predicted molar refractivity (Wildman–Crippen MR) is 144 cm³/mol. The van der Waals surface area contributed by atoms with E-state index in [-0.39, 0.29) is 24.2 Å². The number of carbonyl (C=O) groups is 1. The van der Waals surface area contributed by atoms with Gasteiger partial charge in [0, 0.05) is 44.1 Å². The Morgan fingerprint density at radius 3 is 2.54 bits per heavy atom. The number of nitrogens with one attached hydrogen (secondary N) is 3. The number of aryl methyl sites for hydroxylation is 1. The van der Waals surface area contributed by atoms with Gasteiger partial charge < -0.3 is 15.4 Å². The van der Waals surface area contributed by atoms with Crippen molar-refractivity contribution in [1.82, 2.24) is 30.2 Å². The molecule has 0 saturated carbocycles. The molecule has 3 heterocycles. The SMILES string of the molecule is COCC[C@@H]1C[C@@H](NC(=O)Nc2c(C)c(-c3cnn(C)c3)nn2-c2ccccc2)[C@H](c2ccccc2)N1. The van der Waals surface area contributed by atoms with Crippen LogP contribution in [0.4, 0.5) is 10.6 Å². The third kappa shape index (κ3) is 5.42. The number of nitrogens with zero attached hydrogens (tertiary/aromatic N) is 4. The number of hydrogen-bond donors (Lipinski definition) is 3. The summed E-state index contributed by atoms with van der Waals surface area (Å²) in [4.78, 5) is 13.4. The van der Waals surface area contributed by atoms with Crippen LogP contribution in [0.15, 0.2) is 73.1 Å². The molecule has 9 heteroatoms. The molecule has 0 bridgehead atoms. The Morgan fingerprint density at radius 1 is 1.14 bits per heavy atom. The number of anilines is 1. The van der Waals surface area contributed by atoms with Crippen molar-refractivity contribution < 1.29 is 9.53 Å². The fraction of sp³-hybridized carbons (Fsp3) is 0.321. The lowest BCUT2D eigenvalue weighted by molar-refractivity contribution is 0.184. The minimum Gasteiger partial charge on any atom is -0.385 e. The highest BCUT2D eigenvalue weighted by Crippen LogP contribution is 2.31. The van der Waals surface area contributed by atoms with Crippen molar-refractivity contribution in [1.29, 1.82) is 0 Å². The zero-order valence-corrected chi connectivity index (χ0v) is 21.4. The fourth-order valence-corrected chi connectivity index (χ4v) is 5.00. The van der Waals surface area contributed by atoms with E-state index in [4.69, 9.17) is 9.84 Å². The summed E-state index contributed by atoms with van der Waals surface area (Å²) in [6.45, 7) is 2.64. The Hall–Kier alpha value is -3.95. The summed E-state index contributed by atoms with van der Waals surface area (Å²) in [5, 5.41) is 19.2. The second-order valence-corrected chi connectivity index (χ2v) is 9.45. The van der Waals surface area contributed by atoms with Gasteiger partial charge in [0.15, 0.2) is 0 Å². The summed E-state index contributed by atoms with van der Waals surface area (Å²) in [6.07, 6.45) is 5.40. The first-order valence-corrected chi connectivity index (χ1v) is 12.5. The second-order valence-electron chi connectivity index (χ2n) is 9.45. The summed E-state index contributed by atoms with van der Waals surface area (Å²) >= 11 is 0. The van der Waals surface area contributed by atoms with Crippen LogP contribution in [0.5, 0.6) is 0 Å². The van der Waals surface area contributed by atoms with Crippen LogP contribution >= 0.6 is 0 Å². The number of para-hydroxylation sites is 1. The monoisotopic (exact) mass is 499 g/mol. The molecule has 37 heavy (non-hydrogen) atoms. The molecule has 0 aliphatic carbocycles. The highest BCUT2D eigenvalue weighted by molar-refractivity contribution is 5.91. The molecule has 2 amide bonds. The minimum atomic E-state index is -0.266. The predicted octanol–water partition coefficient (Wildman–Crippen LogP) is 4.21. The van der Waals surface area contributed by atoms with E-state index < -0.39 is 0 Å². The van der Waals surface area contributed by atoms with E-state index in [2.05, 4.69) is 33.2 Å². The summed E-state index contributed by atoms with van der Waals surface area (Å²) < 4.78 is 8.81. The van der Waals surface area contributed by atoms with E-state index >= 15 is 0 Å². The van der Waals surface area contributed by atoms with Gasteiger partial charge in [-0.15, -0.1) is 0 Å². The molecule has 1 aliphatic heterocycles. The van der Waals surface area contributed by atoms with Gasteiger partial charge in [-0.2, -0.15) is 10.2 Å². The maximum atomic E-state index is 13.4. The van der Waals surface area contributed by atoms with Crippen molar-refractivity contribution in [2.75, 3.05) is 19.0 Å². The van der Waals surface area contributed by atoms with Crippen LogP contribution < -0.4 is 16.0 Å². The molecule has 3 N–H and O–H groups in total. The Kier molecular flexibility index (Phi) is 7.34. The van der Waals surface area contributed by atoms with E-state index in [1.165, 1.54) is 0 Å². The first-order chi connectivity index (χ1) is 18.0. The van der Waals surface area contributed by atoms with Gasteiger partial charge in [0.25, 0.3) is 0 Å². The molecular weight excluding hydrogens is 466 g/mol. The van der Waals surface area contributed by atoms with Crippen molar-refractivity contribution in [3.63, 3.8) is 0 Å². The van der Waals surface area contributed by atoms with Crippen LogP contribution in [0.3, 0.4) is 0 Å². The molecule has 2 aromatic carbocycles. The number of ether oxygens (including phenoxy) is 1.